The zero-order valence-electron chi connectivity index (χ0n) is 16.6. The molecule has 0 amide bonds. The molecule has 0 fully saturated rings. The van der Waals surface area contributed by atoms with Gasteiger partial charge in [-0.15, -0.1) is 0 Å². The van der Waals surface area contributed by atoms with E-state index >= 15 is 0 Å². The van der Waals surface area contributed by atoms with Gasteiger partial charge in [0.15, 0.2) is 6.10 Å². The molecular weight excluding hydrogens is 380 g/mol. The standard InChI is InChI=1S/C24H22N2O4/c1-29-23(24(27)28)13-16-4-6-17(7-5-16)30-12-2-3-18-21-14-25-10-8-19(21)20-9-11-26-15-22(18)20/h3-11,14-15,23H,2,12-13H2,1H3,(H,27,28). The number of hydrogen-bond donors (Lipinski definition) is 1. The van der Waals surface area contributed by atoms with E-state index in [4.69, 9.17) is 14.6 Å². The molecule has 6 nitrogen and oxygen atoms in total. The van der Waals surface area contributed by atoms with Crippen LogP contribution in [-0.4, -0.2) is 40.9 Å². The van der Waals surface area contributed by atoms with Crippen LogP contribution in [0.3, 0.4) is 0 Å². The first-order valence-electron chi connectivity index (χ1n) is 9.74. The Morgan fingerprint density at radius 1 is 1.00 bits per heavy atom. The second-order valence-corrected chi connectivity index (χ2v) is 7.01. The number of ether oxygens (including phenoxy) is 2. The highest BCUT2D eigenvalue weighted by molar-refractivity contribution is 6.00. The molecule has 1 N–H and O–H groups in total. The van der Waals surface area contributed by atoms with Crippen LogP contribution in [0, 0.1) is 0 Å². The highest BCUT2D eigenvalue weighted by Crippen LogP contribution is 2.43. The third-order valence-corrected chi connectivity index (χ3v) is 5.15. The van der Waals surface area contributed by atoms with E-state index in [-0.39, 0.29) is 0 Å². The fraction of sp³-hybridized carbons (Fsp3) is 0.208. The summed E-state index contributed by atoms with van der Waals surface area (Å²) >= 11 is 0. The Balaban J connectivity index is 1.38. The Kier molecular flexibility index (Phi) is 5.86. The molecule has 2 aromatic heterocycles. The van der Waals surface area contributed by atoms with Crippen LogP contribution in [0.2, 0.25) is 0 Å². The number of aromatic nitrogens is 2. The molecule has 1 atom stereocenters. The molecule has 0 spiro atoms. The molecule has 1 aliphatic carbocycles. The van der Waals surface area contributed by atoms with Crippen LogP contribution in [0.5, 0.6) is 5.75 Å². The van der Waals surface area contributed by atoms with E-state index in [1.165, 1.54) is 18.2 Å². The molecule has 1 aliphatic rings. The minimum absolute atomic E-state index is 0.319. The Labute approximate surface area is 174 Å². The van der Waals surface area contributed by atoms with Gasteiger partial charge in [0.05, 0.1) is 6.61 Å². The third-order valence-electron chi connectivity index (χ3n) is 5.15. The lowest BCUT2D eigenvalue weighted by Crippen LogP contribution is -2.24. The number of hydrogen-bond acceptors (Lipinski definition) is 5. The molecule has 0 saturated carbocycles. The van der Waals surface area contributed by atoms with E-state index in [1.54, 1.807) is 0 Å². The molecule has 0 saturated heterocycles. The summed E-state index contributed by atoms with van der Waals surface area (Å²) in [5.41, 5.74) is 6.63. The molecule has 152 valence electrons. The summed E-state index contributed by atoms with van der Waals surface area (Å²) in [6, 6.07) is 11.5. The van der Waals surface area contributed by atoms with Crippen LogP contribution in [0.4, 0.5) is 0 Å². The SMILES string of the molecule is COC(Cc1ccc(OCCC=C2c3cnccc3-c3ccncc32)cc1)C(=O)O. The van der Waals surface area contributed by atoms with Crippen LogP contribution < -0.4 is 4.74 Å². The van der Waals surface area contributed by atoms with E-state index < -0.39 is 12.1 Å². The molecule has 2 heterocycles. The highest BCUT2D eigenvalue weighted by atomic mass is 16.5. The van der Waals surface area contributed by atoms with Gasteiger partial charge in [-0.05, 0) is 46.5 Å². The number of carboxylic acids is 1. The van der Waals surface area contributed by atoms with Gasteiger partial charge in [0, 0.05) is 55.9 Å². The largest absolute Gasteiger partial charge is 0.493 e. The van der Waals surface area contributed by atoms with Gasteiger partial charge in [-0.2, -0.15) is 0 Å². The van der Waals surface area contributed by atoms with Gasteiger partial charge in [-0.25, -0.2) is 4.79 Å². The second-order valence-electron chi connectivity index (χ2n) is 7.01. The number of carbonyl (C=O) groups is 1. The van der Waals surface area contributed by atoms with Gasteiger partial charge in [0.1, 0.15) is 5.75 Å². The van der Waals surface area contributed by atoms with Crippen molar-refractivity contribution < 1.29 is 19.4 Å². The van der Waals surface area contributed by atoms with Crippen LogP contribution in [0.25, 0.3) is 16.7 Å². The normalized spacial score (nSPS) is 12.8. The van der Waals surface area contributed by atoms with Crippen molar-refractivity contribution in [2.75, 3.05) is 13.7 Å². The summed E-state index contributed by atoms with van der Waals surface area (Å²) < 4.78 is 10.8. The molecule has 3 aromatic rings. The molecule has 4 rings (SSSR count). The Morgan fingerprint density at radius 2 is 1.63 bits per heavy atom. The Bertz CT molecular complexity index is 1030. The molecule has 1 unspecified atom stereocenters. The average Bonchev–Trinajstić information content (AvgIpc) is 3.09. The first-order chi connectivity index (χ1) is 14.7. The number of nitrogens with zero attached hydrogens (tertiary/aromatic N) is 2. The van der Waals surface area contributed by atoms with Crippen molar-refractivity contribution in [3.05, 3.63) is 84.0 Å². The second kappa shape index (κ2) is 8.88. The fourth-order valence-corrected chi connectivity index (χ4v) is 3.64. The monoisotopic (exact) mass is 402 g/mol. The highest BCUT2D eigenvalue weighted by Gasteiger charge is 2.23. The van der Waals surface area contributed by atoms with Gasteiger partial charge in [-0.1, -0.05) is 18.2 Å². The smallest absolute Gasteiger partial charge is 0.333 e. The van der Waals surface area contributed by atoms with Crippen molar-refractivity contribution in [3.8, 4) is 16.9 Å². The molecule has 0 aliphatic heterocycles. The number of aliphatic carboxylic acids is 1. The Morgan fingerprint density at radius 3 is 2.20 bits per heavy atom. The van der Waals surface area contributed by atoms with Crippen LogP contribution in [0.15, 0.2) is 67.3 Å². The molecule has 1 aromatic carbocycles. The van der Waals surface area contributed by atoms with E-state index in [1.807, 2.05) is 61.2 Å². The zero-order chi connectivity index (χ0) is 20.9. The topological polar surface area (TPSA) is 81.5 Å². The van der Waals surface area contributed by atoms with Crippen molar-refractivity contribution in [3.63, 3.8) is 0 Å². The summed E-state index contributed by atoms with van der Waals surface area (Å²) in [7, 11) is 1.40. The van der Waals surface area contributed by atoms with E-state index in [0.29, 0.717) is 13.0 Å². The summed E-state index contributed by atoms with van der Waals surface area (Å²) in [5.74, 6) is -0.219. The number of carboxylic acid groups (broad SMARTS) is 1. The maximum Gasteiger partial charge on any atom is 0.333 e. The number of rotatable bonds is 8. The predicted octanol–water partition coefficient (Wildman–Crippen LogP) is 4.00. The first-order valence-corrected chi connectivity index (χ1v) is 9.74. The van der Waals surface area contributed by atoms with E-state index in [9.17, 15) is 4.79 Å². The van der Waals surface area contributed by atoms with Crippen LogP contribution >= 0.6 is 0 Å². The quantitative estimate of drug-likeness (QED) is 0.449. The van der Waals surface area contributed by atoms with Crippen molar-refractivity contribution in [1.82, 2.24) is 9.97 Å². The summed E-state index contributed by atoms with van der Waals surface area (Å²) in [6.45, 7) is 0.532. The summed E-state index contributed by atoms with van der Waals surface area (Å²) in [5, 5.41) is 9.08. The maximum absolute atomic E-state index is 11.1. The maximum atomic E-state index is 11.1. The van der Waals surface area contributed by atoms with Gasteiger partial charge >= 0.3 is 5.97 Å². The molecule has 0 bridgehead atoms. The minimum atomic E-state index is -0.966. The third kappa shape index (κ3) is 4.09. The number of fused-ring (bicyclic) bond motifs is 3. The van der Waals surface area contributed by atoms with Crippen molar-refractivity contribution >= 4 is 11.5 Å². The average molecular weight is 402 g/mol. The van der Waals surface area contributed by atoms with Crippen molar-refractivity contribution in [2.45, 2.75) is 18.9 Å². The van der Waals surface area contributed by atoms with Crippen LogP contribution in [0.1, 0.15) is 23.1 Å². The van der Waals surface area contributed by atoms with Gasteiger partial charge in [0.25, 0.3) is 0 Å². The van der Waals surface area contributed by atoms with Gasteiger partial charge < -0.3 is 14.6 Å². The number of methoxy groups -OCH3 is 1. The van der Waals surface area contributed by atoms with Gasteiger partial charge in [-0.3, -0.25) is 9.97 Å². The van der Waals surface area contributed by atoms with Crippen LogP contribution in [-0.2, 0) is 16.0 Å². The van der Waals surface area contributed by atoms with Crippen molar-refractivity contribution in [1.29, 1.82) is 0 Å². The summed E-state index contributed by atoms with van der Waals surface area (Å²) in [4.78, 5) is 19.6. The molecule has 6 heteroatoms. The first kappa shape index (κ1) is 19.8. The number of benzene rings is 1. The Hall–Kier alpha value is -3.51. The summed E-state index contributed by atoms with van der Waals surface area (Å²) in [6.07, 6.45) is 9.79. The molecule has 30 heavy (non-hydrogen) atoms. The van der Waals surface area contributed by atoms with Crippen molar-refractivity contribution in [2.24, 2.45) is 0 Å². The lowest BCUT2D eigenvalue weighted by Gasteiger charge is -2.11. The molecule has 0 radical (unpaired) electrons. The zero-order valence-corrected chi connectivity index (χ0v) is 16.6. The van der Waals surface area contributed by atoms with Gasteiger partial charge in [0.2, 0.25) is 0 Å². The van der Waals surface area contributed by atoms with E-state index in [2.05, 4.69) is 16.0 Å². The lowest BCUT2D eigenvalue weighted by molar-refractivity contribution is -0.148. The molecular formula is C24H22N2O4. The minimum Gasteiger partial charge on any atom is -0.493 e. The fourth-order valence-electron chi connectivity index (χ4n) is 3.64. The lowest BCUT2D eigenvalue weighted by atomic mass is 10.1. The number of pyridine rings is 2. The van der Waals surface area contributed by atoms with E-state index in [0.717, 1.165) is 34.4 Å². The predicted molar refractivity (Wildman–Crippen MR) is 113 cm³/mol.